The van der Waals surface area contributed by atoms with Gasteiger partial charge < -0.3 is 8.99 Å². The highest BCUT2D eigenvalue weighted by atomic mass is 32.2. The maximum atomic E-state index is 12.2. The highest BCUT2D eigenvalue weighted by molar-refractivity contribution is 7.90. The maximum absolute atomic E-state index is 12.2. The van der Waals surface area contributed by atoms with Gasteiger partial charge in [0.05, 0.1) is 16.1 Å². The fraction of sp³-hybridized carbons (Fsp3) is 0.391. The summed E-state index contributed by atoms with van der Waals surface area (Å²) < 4.78 is 33.3. The molecule has 0 aliphatic carbocycles. The number of fused-ring (bicyclic) bond motifs is 1. The largest absolute Gasteiger partial charge is 0.542 e. The van der Waals surface area contributed by atoms with Crippen molar-refractivity contribution in [2.75, 3.05) is 6.26 Å². The molecule has 0 spiro atoms. The molecule has 0 amide bonds. The van der Waals surface area contributed by atoms with E-state index in [-0.39, 0.29) is 5.04 Å². The molecule has 6 heteroatoms. The molecule has 0 fully saturated rings. The zero-order valence-corrected chi connectivity index (χ0v) is 20.2. The van der Waals surface area contributed by atoms with Crippen LogP contribution in [0.3, 0.4) is 0 Å². The van der Waals surface area contributed by atoms with E-state index < -0.39 is 18.2 Å². The van der Waals surface area contributed by atoms with Gasteiger partial charge in [-0.1, -0.05) is 51.1 Å². The molecule has 0 bridgehead atoms. The zero-order chi connectivity index (χ0) is 21.6. The van der Waals surface area contributed by atoms with Crippen LogP contribution in [0.25, 0.3) is 10.9 Å². The Kier molecular flexibility index (Phi) is 5.47. The Hall–Kier alpha value is -2.05. The van der Waals surface area contributed by atoms with Crippen LogP contribution in [0, 0.1) is 6.92 Å². The summed E-state index contributed by atoms with van der Waals surface area (Å²) in [5.41, 5.74) is 3.21. The lowest BCUT2D eigenvalue weighted by atomic mass is 10.2. The van der Waals surface area contributed by atoms with Crippen molar-refractivity contribution in [2.45, 2.75) is 57.3 Å². The van der Waals surface area contributed by atoms with Gasteiger partial charge in [-0.05, 0) is 48.8 Å². The van der Waals surface area contributed by atoms with Gasteiger partial charge in [0.25, 0.3) is 8.32 Å². The summed E-state index contributed by atoms with van der Waals surface area (Å²) in [4.78, 5) is 0.321. The Labute approximate surface area is 175 Å². The number of aromatic nitrogens is 1. The molecule has 29 heavy (non-hydrogen) atoms. The third-order valence-electron chi connectivity index (χ3n) is 6.01. The Morgan fingerprint density at radius 1 is 1.03 bits per heavy atom. The van der Waals surface area contributed by atoms with Crippen LogP contribution >= 0.6 is 0 Å². The van der Waals surface area contributed by atoms with E-state index in [0.717, 1.165) is 22.3 Å². The molecule has 0 radical (unpaired) electrons. The summed E-state index contributed by atoms with van der Waals surface area (Å²) in [7, 11) is -5.40. The van der Waals surface area contributed by atoms with E-state index in [9.17, 15) is 8.42 Å². The molecule has 0 saturated carbocycles. The van der Waals surface area contributed by atoms with Crippen LogP contribution in [0.15, 0.2) is 53.4 Å². The first kappa shape index (κ1) is 21.7. The number of nitrogens with zero attached hydrogens (tertiary/aromatic N) is 1. The zero-order valence-electron chi connectivity index (χ0n) is 18.4. The van der Waals surface area contributed by atoms with Crippen molar-refractivity contribution in [2.24, 2.45) is 0 Å². The van der Waals surface area contributed by atoms with Gasteiger partial charge in [0.1, 0.15) is 5.75 Å². The van der Waals surface area contributed by atoms with Crippen molar-refractivity contribution in [3.05, 3.63) is 59.8 Å². The molecule has 0 saturated heterocycles. The molecule has 1 heterocycles. The minimum atomic E-state index is -3.30. The topological polar surface area (TPSA) is 48.3 Å². The molecule has 0 unspecified atom stereocenters. The van der Waals surface area contributed by atoms with E-state index in [0.29, 0.717) is 11.4 Å². The van der Waals surface area contributed by atoms with Gasteiger partial charge in [-0.2, -0.15) is 0 Å². The van der Waals surface area contributed by atoms with Gasteiger partial charge in [0, 0.05) is 18.2 Å². The molecular weight excluding hydrogens is 398 g/mol. The summed E-state index contributed by atoms with van der Waals surface area (Å²) in [5.74, 6) is 0.813. The molecule has 1 aromatic heterocycles. The van der Waals surface area contributed by atoms with Crippen molar-refractivity contribution in [3.63, 3.8) is 0 Å². The minimum absolute atomic E-state index is 0.0434. The second kappa shape index (κ2) is 7.33. The van der Waals surface area contributed by atoms with Crippen LogP contribution in [0.4, 0.5) is 0 Å². The van der Waals surface area contributed by atoms with Gasteiger partial charge in [0.15, 0.2) is 9.84 Å². The SMILES string of the molecule is Cc1c(O[Si](C)(C)C(C)(C)C)c2cc(S(C)(=O)=O)ccc2n1Cc1ccccc1. The van der Waals surface area contributed by atoms with Gasteiger partial charge in [-0.3, -0.25) is 0 Å². The summed E-state index contributed by atoms with van der Waals surface area (Å²) in [6.07, 6.45) is 1.25. The van der Waals surface area contributed by atoms with Gasteiger partial charge >= 0.3 is 0 Å². The lowest BCUT2D eigenvalue weighted by Crippen LogP contribution is -2.44. The predicted octanol–water partition coefficient (Wildman–Crippen LogP) is 5.79. The van der Waals surface area contributed by atoms with Gasteiger partial charge in [-0.15, -0.1) is 0 Å². The first-order valence-electron chi connectivity index (χ1n) is 9.87. The number of sulfone groups is 1. The summed E-state index contributed by atoms with van der Waals surface area (Å²) in [5, 5.41) is 0.910. The van der Waals surface area contributed by atoms with Crippen LogP contribution in [0.5, 0.6) is 5.75 Å². The molecule has 3 aromatic rings. The Morgan fingerprint density at radius 3 is 2.21 bits per heavy atom. The summed E-state index contributed by atoms with van der Waals surface area (Å²) in [6.45, 7) is 13.8. The maximum Gasteiger partial charge on any atom is 0.250 e. The molecule has 4 nitrogen and oxygen atoms in total. The molecule has 3 rings (SSSR count). The van der Waals surface area contributed by atoms with E-state index in [1.807, 2.05) is 24.3 Å². The van der Waals surface area contributed by atoms with Crippen LogP contribution in [-0.2, 0) is 16.4 Å². The van der Waals surface area contributed by atoms with Crippen molar-refractivity contribution >= 4 is 29.1 Å². The number of hydrogen-bond acceptors (Lipinski definition) is 3. The van der Waals surface area contributed by atoms with Crippen LogP contribution < -0.4 is 4.43 Å². The normalized spacial score (nSPS) is 13.1. The average Bonchev–Trinajstić information content (AvgIpc) is 2.86. The van der Waals surface area contributed by atoms with Crippen molar-refractivity contribution < 1.29 is 12.8 Å². The highest BCUT2D eigenvalue weighted by Crippen LogP contribution is 2.42. The number of hydrogen-bond donors (Lipinski definition) is 0. The second-order valence-corrected chi connectivity index (χ2v) is 16.0. The second-order valence-electron chi connectivity index (χ2n) is 9.30. The predicted molar refractivity (Wildman–Crippen MR) is 123 cm³/mol. The first-order chi connectivity index (χ1) is 13.3. The van der Waals surface area contributed by atoms with E-state index in [1.165, 1.54) is 11.8 Å². The van der Waals surface area contributed by atoms with E-state index in [2.05, 4.69) is 57.5 Å². The lowest BCUT2D eigenvalue weighted by molar-refractivity contribution is 0.490. The Balaban J connectivity index is 2.23. The quantitative estimate of drug-likeness (QED) is 0.483. The fourth-order valence-corrected chi connectivity index (χ4v) is 4.89. The minimum Gasteiger partial charge on any atom is -0.542 e. The number of rotatable bonds is 5. The van der Waals surface area contributed by atoms with E-state index in [4.69, 9.17) is 4.43 Å². The third kappa shape index (κ3) is 4.28. The van der Waals surface area contributed by atoms with E-state index in [1.54, 1.807) is 12.1 Å². The first-order valence-corrected chi connectivity index (χ1v) is 14.7. The molecular formula is C23H31NO3SSi. The fourth-order valence-electron chi connectivity index (χ4n) is 3.17. The van der Waals surface area contributed by atoms with Crippen LogP contribution in [0.2, 0.25) is 18.1 Å². The van der Waals surface area contributed by atoms with Crippen LogP contribution in [-0.4, -0.2) is 27.6 Å². The van der Waals surface area contributed by atoms with Crippen LogP contribution in [0.1, 0.15) is 32.0 Å². The number of benzene rings is 2. The molecule has 0 N–H and O–H groups in total. The molecule has 0 aliphatic heterocycles. The molecule has 0 aliphatic rings. The van der Waals surface area contributed by atoms with Crippen molar-refractivity contribution in [3.8, 4) is 5.75 Å². The van der Waals surface area contributed by atoms with Gasteiger partial charge in [0.2, 0.25) is 0 Å². The standard InChI is InChI=1S/C23H31NO3SSi/c1-17-22(27-29(6,7)23(2,3)4)20-15-19(28(5,25)26)13-14-21(20)24(17)16-18-11-9-8-10-12-18/h8-15H,16H2,1-7H3. The summed E-state index contributed by atoms with van der Waals surface area (Å²) >= 11 is 0. The average molecular weight is 430 g/mol. The monoisotopic (exact) mass is 429 g/mol. The molecule has 156 valence electrons. The Bertz CT molecular complexity index is 1140. The van der Waals surface area contributed by atoms with Gasteiger partial charge in [-0.25, -0.2) is 8.42 Å². The Morgan fingerprint density at radius 2 is 1.66 bits per heavy atom. The smallest absolute Gasteiger partial charge is 0.250 e. The molecule has 2 aromatic carbocycles. The highest BCUT2D eigenvalue weighted by Gasteiger charge is 2.40. The lowest BCUT2D eigenvalue weighted by Gasteiger charge is -2.36. The third-order valence-corrected chi connectivity index (χ3v) is 11.4. The van der Waals surface area contributed by atoms with Crippen molar-refractivity contribution in [1.29, 1.82) is 0 Å². The van der Waals surface area contributed by atoms with E-state index >= 15 is 0 Å². The molecule has 0 atom stereocenters. The van der Waals surface area contributed by atoms with Crippen molar-refractivity contribution in [1.82, 2.24) is 4.57 Å². The summed E-state index contributed by atoms with van der Waals surface area (Å²) in [6, 6.07) is 15.6.